The average molecular weight is 309 g/mol. The van der Waals surface area contributed by atoms with Gasteiger partial charge in [-0.15, -0.1) is 0 Å². The fourth-order valence-electron chi connectivity index (χ4n) is 3.17. The SMILES string of the molecule is C=C1c2ccccc2/C=C\N(c2ccc(C)cc2)c2ccccc21. The van der Waals surface area contributed by atoms with Crippen molar-refractivity contribution in [2.45, 2.75) is 6.92 Å². The summed E-state index contributed by atoms with van der Waals surface area (Å²) < 4.78 is 0. The molecule has 1 aliphatic heterocycles. The van der Waals surface area contributed by atoms with Crippen LogP contribution in [0.15, 0.2) is 85.6 Å². The second-order valence-electron chi connectivity index (χ2n) is 6.10. The molecule has 0 atom stereocenters. The van der Waals surface area contributed by atoms with Crippen LogP contribution in [0.1, 0.15) is 22.3 Å². The van der Waals surface area contributed by atoms with Gasteiger partial charge in [-0.1, -0.05) is 66.7 Å². The van der Waals surface area contributed by atoms with E-state index in [0.717, 1.165) is 22.5 Å². The molecule has 3 aromatic carbocycles. The van der Waals surface area contributed by atoms with Gasteiger partial charge in [0.25, 0.3) is 0 Å². The molecule has 1 aliphatic rings. The smallest absolute Gasteiger partial charge is 0.0533 e. The van der Waals surface area contributed by atoms with E-state index in [1.807, 2.05) is 0 Å². The molecule has 0 saturated carbocycles. The summed E-state index contributed by atoms with van der Waals surface area (Å²) in [5.74, 6) is 0. The first-order chi connectivity index (χ1) is 11.7. The summed E-state index contributed by atoms with van der Waals surface area (Å²) >= 11 is 0. The van der Waals surface area contributed by atoms with Crippen LogP contribution in [0, 0.1) is 6.92 Å². The summed E-state index contributed by atoms with van der Waals surface area (Å²) in [6.07, 6.45) is 4.31. The Balaban J connectivity index is 1.95. The van der Waals surface area contributed by atoms with Crippen molar-refractivity contribution in [1.29, 1.82) is 0 Å². The normalized spacial score (nSPS) is 14.4. The van der Waals surface area contributed by atoms with Crippen LogP contribution < -0.4 is 4.90 Å². The van der Waals surface area contributed by atoms with E-state index in [-0.39, 0.29) is 0 Å². The lowest BCUT2D eigenvalue weighted by Gasteiger charge is -2.27. The number of rotatable bonds is 1. The fraction of sp³-hybridized carbons (Fsp3) is 0.0435. The van der Waals surface area contributed by atoms with Crippen LogP contribution in [0.5, 0.6) is 0 Å². The van der Waals surface area contributed by atoms with E-state index in [0.29, 0.717) is 0 Å². The monoisotopic (exact) mass is 309 g/mol. The molecule has 0 bridgehead atoms. The maximum atomic E-state index is 4.38. The molecule has 0 aromatic heterocycles. The molecule has 0 radical (unpaired) electrons. The number of hydrogen-bond donors (Lipinski definition) is 0. The summed E-state index contributed by atoms with van der Waals surface area (Å²) in [4.78, 5) is 2.23. The number of hydrogen-bond acceptors (Lipinski definition) is 1. The van der Waals surface area contributed by atoms with Gasteiger partial charge in [0.05, 0.1) is 5.69 Å². The Bertz CT molecular complexity index is 932. The zero-order valence-electron chi connectivity index (χ0n) is 13.7. The minimum absolute atomic E-state index is 1.06. The van der Waals surface area contributed by atoms with Gasteiger partial charge in [0.2, 0.25) is 0 Å². The van der Waals surface area contributed by atoms with Crippen molar-refractivity contribution < 1.29 is 0 Å². The van der Waals surface area contributed by atoms with Crippen molar-refractivity contribution in [2.75, 3.05) is 4.90 Å². The molecule has 1 heterocycles. The highest BCUT2D eigenvalue weighted by Crippen LogP contribution is 2.38. The summed E-state index contributed by atoms with van der Waals surface area (Å²) in [6.45, 7) is 6.49. The van der Waals surface area contributed by atoms with Gasteiger partial charge in [0.1, 0.15) is 0 Å². The van der Waals surface area contributed by atoms with Crippen LogP contribution in [-0.4, -0.2) is 0 Å². The molecular weight excluding hydrogens is 290 g/mol. The highest BCUT2D eigenvalue weighted by atomic mass is 15.1. The van der Waals surface area contributed by atoms with Gasteiger partial charge in [0.15, 0.2) is 0 Å². The maximum Gasteiger partial charge on any atom is 0.0533 e. The Morgan fingerprint density at radius 3 is 2.21 bits per heavy atom. The van der Waals surface area contributed by atoms with Gasteiger partial charge in [-0.2, -0.15) is 0 Å². The fourth-order valence-corrected chi connectivity index (χ4v) is 3.17. The molecule has 0 fully saturated rings. The van der Waals surface area contributed by atoms with Crippen LogP contribution in [-0.2, 0) is 0 Å². The lowest BCUT2D eigenvalue weighted by Crippen LogP contribution is -2.12. The van der Waals surface area contributed by atoms with Gasteiger partial charge in [-0.05, 0) is 47.9 Å². The first-order valence-corrected chi connectivity index (χ1v) is 8.16. The zero-order chi connectivity index (χ0) is 16.5. The minimum Gasteiger partial charge on any atom is -0.317 e. The Kier molecular flexibility index (Phi) is 3.55. The molecule has 0 amide bonds. The third-order valence-electron chi connectivity index (χ3n) is 4.49. The average Bonchev–Trinajstić information content (AvgIpc) is 2.62. The third kappa shape index (κ3) is 2.44. The van der Waals surface area contributed by atoms with Crippen LogP contribution in [0.3, 0.4) is 0 Å². The molecule has 1 nitrogen and oxygen atoms in total. The second kappa shape index (κ2) is 5.86. The summed E-state index contributed by atoms with van der Waals surface area (Å²) in [7, 11) is 0. The van der Waals surface area contributed by atoms with Crippen LogP contribution in [0.2, 0.25) is 0 Å². The Morgan fingerprint density at radius 2 is 1.42 bits per heavy atom. The van der Waals surface area contributed by atoms with E-state index in [1.165, 1.54) is 16.7 Å². The van der Waals surface area contributed by atoms with Crippen LogP contribution >= 0.6 is 0 Å². The van der Waals surface area contributed by atoms with Gasteiger partial charge >= 0.3 is 0 Å². The standard InChI is InChI=1S/C23H19N/c1-17-11-13-20(14-12-17)24-16-15-19-7-3-4-8-21(19)18(2)22-9-5-6-10-23(22)24/h3-16H,2H2,1H3/b16-15-. The van der Waals surface area contributed by atoms with E-state index in [2.05, 4.69) is 103 Å². The molecule has 116 valence electrons. The lowest BCUT2D eigenvalue weighted by molar-refractivity contribution is 1.26. The number of para-hydroxylation sites is 1. The van der Waals surface area contributed by atoms with Crippen molar-refractivity contribution >= 4 is 23.0 Å². The van der Waals surface area contributed by atoms with Crippen LogP contribution in [0.4, 0.5) is 11.4 Å². The Hall–Kier alpha value is -3.06. The lowest BCUT2D eigenvalue weighted by atomic mass is 9.92. The molecule has 24 heavy (non-hydrogen) atoms. The largest absolute Gasteiger partial charge is 0.317 e. The van der Waals surface area contributed by atoms with E-state index < -0.39 is 0 Å². The number of fused-ring (bicyclic) bond motifs is 2. The van der Waals surface area contributed by atoms with Crippen LogP contribution in [0.25, 0.3) is 11.6 Å². The molecule has 0 spiro atoms. The quantitative estimate of drug-likeness (QED) is 0.519. The summed E-state index contributed by atoms with van der Waals surface area (Å²) in [5, 5.41) is 0. The molecular formula is C23H19N. The molecule has 3 aromatic rings. The van der Waals surface area contributed by atoms with Gasteiger partial charge in [0, 0.05) is 17.5 Å². The number of anilines is 2. The topological polar surface area (TPSA) is 3.24 Å². The Morgan fingerprint density at radius 1 is 0.750 bits per heavy atom. The zero-order valence-corrected chi connectivity index (χ0v) is 13.7. The summed E-state index contributed by atoms with van der Waals surface area (Å²) in [5.41, 5.74) is 8.16. The van der Waals surface area contributed by atoms with Crippen molar-refractivity contribution in [1.82, 2.24) is 0 Å². The van der Waals surface area contributed by atoms with E-state index in [4.69, 9.17) is 0 Å². The van der Waals surface area contributed by atoms with E-state index >= 15 is 0 Å². The summed E-state index contributed by atoms with van der Waals surface area (Å²) in [6, 6.07) is 25.5. The first-order valence-electron chi connectivity index (χ1n) is 8.16. The molecule has 0 aliphatic carbocycles. The molecule has 0 N–H and O–H groups in total. The first kappa shape index (κ1) is 14.5. The molecule has 1 heteroatoms. The second-order valence-corrected chi connectivity index (χ2v) is 6.10. The highest BCUT2D eigenvalue weighted by Gasteiger charge is 2.17. The molecule has 0 unspecified atom stereocenters. The predicted octanol–water partition coefficient (Wildman–Crippen LogP) is 6.18. The predicted molar refractivity (Wildman–Crippen MR) is 103 cm³/mol. The molecule has 0 saturated heterocycles. The van der Waals surface area contributed by atoms with Crippen molar-refractivity contribution in [3.8, 4) is 0 Å². The van der Waals surface area contributed by atoms with Crippen molar-refractivity contribution in [3.63, 3.8) is 0 Å². The number of aryl methyl sites for hydroxylation is 1. The van der Waals surface area contributed by atoms with Crippen molar-refractivity contribution in [2.24, 2.45) is 0 Å². The van der Waals surface area contributed by atoms with Gasteiger partial charge in [-0.25, -0.2) is 0 Å². The maximum absolute atomic E-state index is 4.38. The minimum atomic E-state index is 1.06. The van der Waals surface area contributed by atoms with Gasteiger partial charge in [-0.3, -0.25) is 0 Å². The van der Waals surface area contributed by atoms with Crippen molar-refractivity contribution in [3.05, 3.63) is 108 Å². The van der Waals surface area contributed by atoms with E-state index in [9.17, 15) is 0 Å². The van der Waals surface area contributed by atoms with Gasteiger partial charge < -0.3 is 4.90 Å². The molecule has 4 rings (SSSR count). The highest BCUT2D eigenvalue weighted by molar-refractivity contribution is 5.92. The number of benzene rings is 3. The van der Waals surface area contributed by atoms with E-state index in [1.54, 1.807) is 0 Å². The number of nitrogens with zero attached hydrogens (tertiary/aromatic N) is 1. The third-order valence-corrected chi connectivity index (χ3v) is 4.49. The Labute approximate surface area is 143 Å².